The molecule has 0 saturated heterocycles. The molecule has 1 aromatic heterocycles. The van der Waals surface area contributed by atoms with Gasteiger partial charge in [-0.3, -0.25) is 19.2 Å². The Bertz CT molecular complexity index is 815. The van der Waals surface area contributed by atoms with E-state index in [0.717, 1.165) is 0 Å². The van der Waals surface area contributed by atoms with E-state index in [2.05, 4.69) is 25.9 Å². The second kappa shape index (κ2) is 13.8. The van der Waals surface area contributed by atoms with Gasteiger partial charge in [0.15, 0.2) is 0 Å². The van der Waals surface area contributed by atoms with E-state index >= 15 is 0 Å². The van der Waals surface area contributed by atoms with Crippen molar-refractivity contribution in [3.05, 3.63) is 18.2 Å². The van der Waals surface area contributed by atoms with Crippen LogP contribution in [0.1, 0.15) is 38.3 Å². The van der Waals surface area contributed by atoms with Crippen LogP contribution in [0.25, 0.3) is 0 Å². The summed E-state index contributed by atoms with van der Waals surface area (Å²) in [6, 6.07) is -4.85. The first-order valence-corrected chi connectivity index (χ1v) is 10.3. The number of carboxylic acid groups (broad SMARTS) is 2. The van der Waals surface area contributed by atoms with Gasteiger partial charge >= 0.3 is 11.9 Å². The van der Waals surface area contributed by atoms with Crippen LogP contribution in [0.4, 0.5) is 0 Å². The molecule has 4 atom stereocenters. The maximum atomic E-state index is 12.8. The van der Waals surface area contributed by atoms with Crippen LogP contribution < -0.4 is 27.4 Å². The van der Waals surface area contributed by atoms with Crippen molar-refractivity contribution in [2.24, 2.45) is 11.5 Å². The molecule has 0 radical (unpaired) electrons. The zero-order valence-electron chi connectivity index (χ0n) is 18.2. The van der Waals surface area contributed by atoms with E-state index in [1.54, 1.807) is 0 Å². The van der Waals surface area contributed by atoms with Crippen LogP contribution in [-0.2, 0) is 30.4 Å². The molecular formula is C19H31N7O7. The number of aromatic amines is 1. The average Bonchev–Trinajstić information content (AvgIpc) is 3.24. The lowest BCUT2D eigenvalue weighted by molar-refractivity contribution is -0.142. The van der Waals surface area contributed by atoms with E-state index in [9.17, 15) is 29.1 Å². The standard InChI is InChI=1S/C19H31N7O7/c1-10(24-17(30)12(21)7-15(27)28)16(29)26-14(6-11-8-22-9-23-11)18(31)25-13(19(32)33)4-2-3-5-20/h8-10,12-14H,2-7,20-21H2,1H3,(H,22,23)(H,24,30)(H,25,31)(H,26,29)(H,27,28)(H,32,33)/t10-,12-,13-,14-/m1/s1. The van der Waals surface area contributed by atoms with E-state index < -0.39 is 60.2 Å². The minimum Gasteiger partial charge on any atom is -0.481 e. The summed E-state index contributed by atoms with van der Waals surface area (Å²) in [5.74, 6) is -4.83. The van der Waals surface area contributed by atoms with Crippen LogP contribution in [-0.4, -0.2) is 80.6 Å². The molecule has 10 N–H and O–H groups in total. The Kier molecular flexibility index (Phi) is 11.5. The number of hydrogen-bond donors (Lipinski definition) is 8. The van der Waals surface area contributed by atoms with Crippen LogP contribution in [0.15, 0.2) is 12.5 Å². The fraction of sp³-hybridized carbons (Fsp3) is 0.579. The van der Waals surface area contributed by atoms with E-state index in [-0.39, 0.29) is 12.8 Å². The molecule has 1 heterocycles. The van der Waals surface area contributed by atoms with Gasteiger partial charge in [0.1, 0.15) is 18.1 Å². The molecule has 184 valence electrons. The Hall–Kier alpha value is -3.52. The first-order chi connectivity index (χ1) is 15.5. The second-order valence-electron chi connectivity index (χ2n) is 7.46. The number of nitrogens with one attached hydrogen (secondary N) is 4. The normalized spacial score (nSPS) is 14.4. The average molecular weight is 469 g/mol. The summed E-state index contributed by atoms with van der Waals surface area (Å²) < 4.78 is 0. The zero-order chi connectivity index (χ0) is 25.0. The van der Waals surface area contributed by atoms with Crippen LogP contribution in [0.3, 0.4) is 0 Å². The van der Waals surface area contributed by atoms with Crippen LogP contribution >= 0.6 is 0 Å². The fourth-order valence-corrected chi connectivity index (χ4v) is 2.81. The van der Waals surface area contributed by atoms with Crippen molar-refractivity contribution in [3.63, 3.8) is 0 Å². The monoisotopic (exact) mass is 469 g/mol. The minimum absolute atomic E-state index is 0.0219. The van der Waals surface area contributed by atoms with Crippen LogP contribution in [0.2, 0.25) is 0 Å². The van der Waals surface area contributed by atoms with Gasteiger partial charge in [-0.2, -0.15) is 0 Å². The Morgan fingerprint density at radius 3 is 2.24 bits per heavy atom. The number of amides is 3. The lowest BCUT2D eigenvalue weighted by Crippen LogP contribution is -2.57. The number of nitrogens with two attached hydrogens (primary N) is 2. The van der Waals surface area contributed by atoms with Crippen molar-refractivity contribution >= 4 is 29.7 Å². The summed E-state index contributed by atoms with van der Waals surface area (Å²) in [7, 11) is 0. The number of nitrogens with zero attached hydrogens (tertiary/aromatic N) is 1. The number of aliphatic carboxylic acids is 2. The van der Waals surface area contributed by atoms with Crippen LogP contribution in [0, 0.1) is 0 Å². The molecule has 1 rings (SSSR count). The summed E-state index contributed by atoms with van der Waals surface area (Å²) >= 11 is 0. The largest absolute Gasteiger partial charge is 0.481 e. The summed E-state index contributed by atoms with van der Waals surface area (Å²) in [5, 5.41) is 25.3. The first kappa shape index (κ1) is 27.5. The van der Waals surface area contributed by atoms with Gasteiger partial charge < -0.3 is 42.6 Å². The number of rotatable bonds is 15. The van der Waals surface area contributed by atoms with Crippen LogP contribution in [0.5, 0.6) is 0 Å². The number of unbranched alkanes of at least 4 members (excludes halogenated alkanes) is 1. The Morgan fingerprint density at radius 2 is 1.70 bits per heavy atom. The van der Waals surface area contributed by atoms with Crippen molar-refractivity contribution in [1.29, 1.82) is 0 Å². The molecule has 0 unspecified atom stereocenters. The van der Waals surface area contributed by atoms with Gasteiger partial charge in [0.25, 0.3) is 0 Å². The number of carboxylic acids is 2. The van der Waals surface area contributed by atoms with Crippen molar-refractivity contribution in [3.8, 4) is 0 Å². The molecule has 3 amide bonds. The van der Waals surface area contributed by atoms with E-state index in [1.165, 1.54) is 19.4 Å². The van der Waals surface area contributed by atoms with Gasteiger partial charge in [-0.1, -0.05) is 0 Å². The third-order valence-corrected chi connectivity index (χ3v) is 4.66. The van der Waals surface area contributed by atoms with Gasteiger partial charge in [-0.25, -0.2) is 9.78 Å². The molecule has 0 aliphatic heterocycles. The van der Waals surface area contributed by atoms with E-state index in [0.29, 0.717) is 25.1 Å². The molecule has 0 spiro atoms. The van der Waals surface area contributed by atoms with Crippen molar-refractivity contribution in [1.82, 2.24) is 25.9 Å². The molecule has 14 heteroatoms. The molecule has 0 aliphatic rings. The number of carbonyl (C=O) groups excluding carboxylic acids is 3. The highest BCUT2D eigenvalue weighted by Crippen LogP contribution is 2.05. The fourth-order valence-electron chi connectivity index (χ4n) is 2.81. The SMILES string of the molecule is C[C@@H](NC(=O)[C@H](N)CC(=O)O)C(=O)N[C@H](Cc1cnc[nH]1)C(=O)N[C@H](CCCCN)C(=O)O. The number of imidazole rings is 1. The molecule has 0 bridgehead atoms. The first-order valence-electron chi connectivity index (χ1n) is 10.3. The molecule has 0 aromatic carbocycles. The third kappa shape index (κ3) is 10.1. The molecular weight excluding hydrogens is 438 g/mol. The summed E-state index contributed by atoms with van der Waals surface area (Å²) in [5.41, 5.74) is 11.4. The molecule has 0 saturated carbocycles. The smallest absolute Gasteiger partial charge is 0.326 e. The molecule has 14 nitrogen and oxygen atoms in total. The molecule has 0 aliphatic carbocycles. The Labute approximate surface area is 189 Å². The summed E-state index contributed by atoms with van der Waals surface area (Å²) in [6.45, 7) is 1.72. The van der Waals surface area contributed by atoms with Gasteiger partial charge in [-0.15, -0.1) is 0 Å². The highest BCUT2D eigenvalue weighted by Gasteiger charge is 2.29. The number of hydrogen-bond acceptors (Lipinski definition) is 8. The molecule has 1 aromatic rings. The lowest BCUT2D eigenvalue weighted by Gasteiger charge is -2.23. The molecule has 33 heavy (non-hydrogen) atoms. The summed E-state index contributed by atoms with van der Waals surface area (Å²) in [6.07, 6.45) is 3.43. The van der Waals surface area contributed by atoms with E-state index in [1.807, 2.05) is 0 Å². The maximum absolute atomic E-state index is 12.8. The number of H-pyrrole nitrogens is 1. The number of carbonyl (C=O) groups is 5. The predicted molar refractivity (Wildman–Crippen MR) is 115 cm³/mol. The maximum Gasteiger partial charge on any atom is 0.326 e. The number of aromatic nitrogens is 2. The van der Waals surface area contributed by atoms with Crippen molar-refractivity contribution in [2.45, 2.75) is 63.2 Å². The quantitative estimate of drug-likeness (QED) is 0.125. The highest BCUT2D eigenvalue weighted by atomic mass is 16.4. The van der Waals surface area contributed by atoms with Gasteiger partial charge in [0, 0.05) is 18.3 Å². The highest BCUT2D eigenvalue weighted by molar-refractivity contribution is 5.94. The second-order valence-corrected chi connectivity index (χ2v) is 7.46. The Balaban J connectivity index is 2.85. The predicted octanol–water partition coefficient (Wildman–Crippen LogP) is -2.56. The van der Waals surface area contributed by atoms with Gasteiger partial charge in [-0.05, 0) is 32.7 Å². The van der Waals surface area contributed by atoms with Gasteiger partial charge in [0.05, 0.1) is 18.8 Å². The van der Waals surface area contributed by atoms with Crippen molar-refractivity contribution in [2.75, 3.05) is 6.54 Å². The lowest BCUT2D eigenvalue weighted by atomic mass is 10.1. The van der Waals surface area contributed by atoms with E-state index in [4.69, 9.17) is 16.6 Å². The minimum atomic E-state index is -1.35. The zero-order valence-corrected chi connectivity index (χ0v) is 18.2. The summed E-state index contributed by atoms with van der Waals surface area (Å²) in [4.78, 5) is 66.2. The Morgan fingerprint density at radius 1 is 1.03 bits per heavy atom. The van der Waals surface area contributed by atoms with Crippen molar-refractivity contribution < 1.29 is 34.2 Å². The topological polar surface area (TPSA) is 243 Å². The third-order valence-electron chi connectivity index (χ3n) is 4.66. The molecule has 0 fully saturated rings. The van der Waals surface area contributed by atoms with Gasteiger partial charge in [0.2, 0.25) is 17.7 Å².